The van der Waals surface area contributed by atoms with Crippen LogP contribution in [0, 0.1) is 0 Å². The Hall–Kier alpha value is -3.54. The summed E-state index contributed by atoms with van der Waals surface area (Å²) in [7, 11) is -3.80. The molecule has 2 heterocycles. The van der Waals surface area contributed by atoms with E-state index >= 15 is 0 Å². The van der Waals surface area contributed by atoms with Crippen molar-refractivity contribution in [2.45, 2.75) is 11.4 Å². The molecule has 0 saturated heterocycles. The predicted molar refractivity (Wildman–Crippen MR) is 132 cm³/mol. The highest BCUT2D eigenvalue weighted by molar-refractivity contribution is 7.92. The molecule has 0 saturated carbocycles. The Bertz CT molecular complexity index is 1340. The summed E-state index contributed by atoms with van der Waals surface area (Å²) in [5.74, 6) is 0.577. The number of thiocarbonyl (C=S) groups is 1. The van der Waals surface area contributed by atoms with E-state index in [4.69, 9.17) is 23.8 Å². The number of hydrogen-bond donors (Lipinski definition) is 3. The van der Waals surface area contributed by atoms with Gasteiger partial charge >= 0.3 is 0 Å². The molecule has 0 bridgehead atoms. The standard InChI is InChI=1S/C21H18ClN7O2S2/c22-16-4-2-15(3-5-16)14-29-13-10-19(27-29)26-21(32)25-17-6-8-18(9-7-17)33(30,31)28-20-23-11-1-12-24-20/h1-13H,14H2,(H,23,24,28)(H2,25,26,27,32). The summed E-state index contributed by atoms with van der Waals surface area (Å²) in [5, 5.41) is 11.4. The van der Waals surface area contributed by atoms with Gasteiger partial charge in [-0.05, 0) is 60.2 Å². The number of nitrogens with one attached hydrogen (secondary N) is 3. The largest absolute Gasteiger partial charge is 0.332 e. The van der Waals surface area contributed by atoms with E-state index in [1.807, 2.05) is 30.5 Å². The van der Waals surface area contributed by atoms with Crippen molar-refractivity contribution in [1.82, 2.24) is 19.7 Å². The van der Waals surface area contributed by atoms with Crippen molar-refractivity contribution in [3.63, 3.8) is 0 Å². The van der Waals surface area contributed by atoms with Crippen LogP contribution in [0.4, 0.5) is 17.5 Å². The molecule has 4 rings (SSSR count). The summed E-state index contributed by atoms with van der Waals surface area (Å²) >= 11 is 11.2. The second-order valence-corrected chi connectivity index (χ2v) is 9.33. The highest BCUT2D eigenvalue weighted by Gasteiger charge is 2.15. The third kappa shape index (κ3) is 6.25. The Morgan fingerprint density at radius 1 is 0.970 bits per heavy atom. The highest BCUT2D eigenvalue weighted by Crippen LogP contribution is 2.17. The topological polar surface area (TPSA) is 114 Å². The molecule has 0 aliphatic rings. The summed E-state index contributed by atoms with van der Waals surface area (Å²) in [6, 6.07) is 17.1. The van der Waals surface area contributed by atoms with E-state index in [2.05, 4.69) is 30.4 Å². The Labute approximate surface area is 200 Å². The minimum absolute atomic E-state index is 0.000536. The summed E-state index contributed by atoms with van der Waals surface area (Å²) in [6.45, 7) is 0.594. The molecule has 0 spiro atoms. The van der Waals surface area contributed by atoms with Gasteiger partial charge in [0.2, 0.25) is 5.95 Å². The monoisotopic (exact) mass is 499 g/mol. The van der Waals surface area contributed by atoms with E-state index in [1.165, 1.54) is 24.5 Å². The van der Waals surface area contributed by atoms with Gasteiger partial charge in [0.25, 0.3) is 10.0 Å². The van der Waals surface area contributed by atoms with Gasteiger partial charge in [0.1, 0.15) is 0 Å². The second kappa shape index (κ2) is 9.94. The van der Waals surface area contributed by atoms with E-state index < -0.39 is 10.0 Å². The first-order valence-corrected chi connectivity index (χ1v) is 11.9. The van der Waals surface area contributed by atoms with Crippen molar-refractivity contribution in [3.8, 4) is 0 Å². The van der Waals surface area contributed by atoms with Crippen LogP contribution in [0.1, 0.15) is 5.56 Å². The van der Waals surface area contributed by atoms with Crippen LogP contribution in [0.25, 0.3) is 0 Å². The number of nitrogens with zero attached hydrogens (tertiary/aromatic N) is 4. The summed E-state index contributed by atoms with van der Waals surface area (Å²) < 4.78 is 29.0. The Morgan fingerprint density at radius 2 is 1.67 bits per heavy atom. The van der Waals surface area contributed by atoms with E-state index in [-0.39, 0.29) is 10.8 Å². The van der Waals surface area contributed by atoms with Crippen molar-refractivity contribution in [3.05, 3.63) is 89.8 Å². The number of aromatic nitrogens is 4. The quantitative estimate of drug-likeness (QED) is 0.327. The zero-order valence-corrected chi connectivity index (χ0v) is 19.4. The molecule has 0 aliphatic carbocycles. The third-order valence-corrected chi connectivity index (χ3v) is 6.15. The maximum absolute atomic E-state index is 12.5. The first-order valence-electron chi connectivity index (χ1n) is 9.63. The van der Waals surface area contributed by atoms with Crippen LogP contribution in [0.15, 0.2) is 84.1 Å². The number of halogens is 1. The number of anilines is 3. The minimum Gasteiger partial charge on any atom is -0.332 e. The van der Waals surface area contributed by atoms with Gasteiger partial charge in [-0.1, -0.05) is 23.7 Å². The van der Waals surface area contributed by atoms with Crippen LogP contribution in [0.5, 0.6) is 0 Å². The van der Waals surface area contributed by atoms with Gasteiger partial charge in [-0.25, -0.2) is 23.1 Å². The maximum atomic E-state index is 12.5. The lowest BCUT2D eigenvalue weighted by molar-refractivity contribution is 0.601. The Kier molecular flexibility index (Phi) is 6.82. The molecule has 2 aromatic heterocycles. The molecule has 168 valence electrons. The average Bonchev–Trinajstić information content (AvgIpc) is 3.22. The predicted octanol–water partition coefficient (Wildman–Crippen LogP) is 3.98. The van der Waals surface area contributed by atoms with Crippen molar-refractivity contribution >= 4 is 56.4 Å². The van der Waals surface area contributed by atoms with Gasteiger partial charge in [-0.15, -0.1) is 0 Å². The summed E-state index contributed by atoms with van der Waals surface area (Å²) in [6.07, 6.45) is 4.74. The molecular weight excluding hydrogens is 482 g/mol. The molecule has 0 unspecified atom stereocenters. The molecule has 12 heteroatoms. The highest BCUT2D eigenvalue weighted by atomic mass is 35.5. The lowest BCUT2D eigenvalue weighted by Gasteiger charge is -2.10. The van der Waals surface area contributed by atoms with E-state index in [0.29, 0.717) is 28.2 Å². The fourth-order valence-corrected chi connectivity index (χ4v) is 4.13. The van der Waals surface area contributed by atoms with Crippen molar-refractivity contribution < 1.29 is 8.42 Å². The zero-order chi connectivity index (χ0) is 23.3. The van der Waals surface area contributed by atoms with Crippen LogP contribution in [-0.4, -0.2) is 33.3 Å². The molecule has 0 radical (unpaired) electrons. The molecule has 33 heavy (non-hydrogen) atoms. The second-order valence-electron chi connectivity index (χ2n) is 6.81. The average molecular weight is 500 g/mol. The number of rotatable bonds is 7. The molecule has 9 nitrogen and oxygen atoms in total. The Balaban J connectivity index is 1.33. The van der Waals surface area contributed by atoms with Crippen molar-refractivity contribution in [2.24, 2.45) is 0 Å². The molecule has 4 aromatic rings. The Morgan fingerprint density at radius 3 is 2.36 bits per heavy atom. The van der Waals surface area contributed by atoms with Gasteiger partial charge in [0.05, 0.1) is 11.4 Å². The zero-order valence-electron chi connectivity index (χ0n) is 17.0. The van der Waals surface area contributed by atoms with Gasteiger partial charge in [0, 0.05) is 35.4 Å². The molecule has 0 fully saturated rings. The molecule has 0 amide bonds. The van der Waals surface area contributed by atoms with Crippen molar-refractivity contribution in [1.29, 1.82) is 0 Å². The van der Waals surface area contributed by atoms with E-state index in [1.54, 1.807) is 28.9 Å². The van der Waals surface area contributed by atoms with Crippen molar-refractivity contribution in [2.75, 3.05) is 15.4 Å². The van der Waals surface area contributed by atoms with E-state index in [9.17, 15) is 8.42 Å². The van der Waals surface area contributed by atoms with Crippen LogP contribution in [-0.2, 0) is 16.6 Å². The SMILES string of the molecule is O=S(=O)(Nc1ncccn1)c1ccc(NC(=S)Nc2ccn(Cc3ccc(Cl)cc3)n2)cc1. The van der Waals surface area contributed by atoms with Gasteiger partial charge in [-0.2, -0.15) is 5.10 Å². The van der Waals surface area contributed by atoms with Gasteiger partial charge in [0.15, 0.2) is 10.9 Å². The number of benzene rings is 2. The van der Waals surface area contributed by atoms with Crippen LogP contribution >= 0.6 is 23.8 Å². The minimum atomic E-state index is -3.80. The van der Waals surface area contributed by atoms with Crippen LogP contribution < -0.4 is 15.4 Å². The lowest BCUT2D eigenvalue weighted by Crippen LogP contribution is -2.20. The van der Waals surface area contributed by atoms with Gasteiger partial charge in [-0.3, -0.25) is 4.68 Å². The van der Waals surface area contributed by atoms with Gasteiger partial charge < -0.3 is 10.6 Å². The third-order valence-electron chi connectivity index (χ3n) is 4.35. The molecule has 2 aromatic carbocycles. The first-order chi connectivity index (χ1) is 15.9. The fourth-order valence-electron chi connectivity index (χ4n) is 2.82. The molecule has 0 atom stereocenters. The number of sulfonamides is 1. The van der Waals surface area contributed by atoms with Crippen LogP contribution in [0.3, 0.4) is 0 Å². The van der Waals surface area contributed by atoms with E-state index in [0.717, 1.165) is 5.56 Å². The fraction of sp³-hybridized carbons (Fsp3) is 0.0476. The summed E-state index contributed by atoms with van der Waals surface area (Å²) in [4.78, 5) is 7.80. The smallest absolute Gasteiger partial charge is 0.264 e. The normalized spacial score (nSPS) is 11.1. The summed E-state index contributed by atoms with van der Waals surface area (Å²) in [5.41, 5.74) is 1.68. The molecule has 0 aliphatic heterocycles. The molecular formula is C21H18ClN7O2S2. The number of hydrogen-bond acceptors (Lipinski definition) is 6. The van der Waals surface area contributed by atoms with Crippen LogP contribution in [0.2, 0.25) is 5.02 Å². The lowest BCUT2D eigenvalue weighted by atomic mass is 10.2. The first kappa shape index (κ1) is 22.6. The molecule has 3 N–H and O–H groups in total. The maximum Gasteiger partial charge on any atom is 0.264 e.